The molecule has 0 bridgehead atoms. The van der Waals surface area contributed by atoms with Gasteiger partial charge < -0.3 is 10.5 Å². The van der Waals surface area contributed by atoms with Gasteiger partial charge in [0.2, 0.25) is 0 Å². The number of nitrogens with two attached hydrogens (primary N) is 1. The molecular formula is C13H20FNO. The lowest BCUT2D eigenvalue weighted by Gasteiger charge is -2.14. The van der Waals surface area contributed by atoms with Crippen LogP contribution in [0.1, 0.15) is 38.3 Å². The van der Waals surface area contributed by atoms with Gasteiger partial charge in [0.05, 0.1) is 7.11 Å². The zero-order valence-corrected chi connectivity index (χ0v) is 10.2. The third-order valence-corrected chi connectivity index (χ3v) is 2.66. The van der Waals surface area contributed by atoms with Gasteiger partial charge in [-0.3, -0.25) is 0 Å². The van der Waals surface area contributed by atoms with Crippen molar-refractivity contribution >= 4 is 0 Å². The van der Waals surface area contributed by atoms with E-state index in [1.807, 2.05) is 6.07 Å². The van der Waals surface area contributed by atoms with Crippen LogP contribution in [0.25, 0.3) is 0 Å². The second-order valence-electron chi connectivity index (χ2n) is 4.47. The van der Waals surface area contributed by atoms with E-state index in [-0.39, 0.29) is 17.6 Å². The smallest absolute Gasteiger partial charge is 0.165 e. The highest BCUT2D eigenvalue weighted by Gasteiger charge is 2.10. The summed E-state index contributed by atoms with van der Waals surface area (Å²) in [5, 5.41) is 0. The molecule has 16 heavy (non-hydrogen) atoms. The van der Waals surface area contributed by atoms with Crippen molar-refractivity contribution in [3.63, 3.8) is 0 Å². The molecule has 0 amide bonds. The number of rotatable bonds is 5. The molecule has 2 nitrogen and oxygen atoms in total. The predicted molar refractivity (Wildman–Crippen MR) is 64.0 cm³/mol. The molecule has 90 valence electrons. The van der Waals surface area contributed by atoms with E-state index >= 15 is 0 Å². The van der Waals surface area contributed by atoms with E-state index in [0.29, 0.717) is 5.92 Å². The lowest BCUT2D eigenvalue weighted by atomic mass is 9.98. The Morgan fingerprint density at radius 3 is 2.50 bits per heavy atom. The van der Waals surface area contributed by atoms with E-state index in [1.54, 1.807) is 6.07 Å². The number of ether oxygens (including phenoxy) is 1. The summed E-state index contributed by atoms with van der Waals surface area (Å²) in [6.45, 7) is 4.31. The molecule has 0 saturated heterocycles. The first kappa shape index (κ1) is 13.0. The number of benzene rings is 1. The van der Waals surface area contributed by atoms with Crippen LogP contribution in [0.3, 0.4) is 0 Å². The highest BCUT2D eigenvalue weighted by Crippen LogP contribution is 2.23. The number of hydrogen-bond donors (Lipinski definition) is 1. The molecule has 1 rings (SSSR count). The predicted octanol–water partition coefficient (Wildman–Crippen LogP) is 3.27. The summed E-state index contributed by atoms with van der Waals surface area (Å²) in [6.07, 6.45) is 1.93. The Balaban J connectivity index is 2.69. The highest BCUT2D eigenvalue weighted by molar-refractivity contribution is 5.30. The van der Waals surface area contributed by atoms with Crippen LogP contribution in [-0.2, 0) is 0 Å². The molecule has 0 heterocycles. The van der Waals surface area contributed by atoms with Crippen molar-refractivity contribution in [3.8, 4) is 5.75 Å². The average molecular weight is 225 g/mol. The Labute approximate surface area is 96.6 Å². The van der Waals surface area contributed by atoms with Gasteiger partial charge in [0, 0.05) is 6.04 Å². The molecule has 0 saturated carbocycles. The summed E-state index contributed by atoms with van der Waals surface area (Å²) < 4.78 is 18.3. The van der Waals surface area contributed by atoms with Crippen molar-refractivity contribution in [1.82, 2.24) is 0 Å². The van der Waals surface area contributed by atoms with Gasteiger partial charge >= 0.3 is 0 Å². The normalized spacial score (nSPS) is 12.9. The first-order chi connectivity index (χ1) is 7.54. The maximum absolute atomic E-state index is 13.4. The quantitative estimate of drug-likeness (QED) is 0.834. The van der Waals surface area contributed by atoms with Gasteiger partial charge in [0.1, 0.15) is 0 Å². The second-order valence-corrected chi connectivity index (χ2v) is 4.47. The van der Waals surface area contributed by atoms with E-state index < -0.39 is 0 Å². The van der Waals surface area contributed by atoms with Gasteiger partial charge in [0.15, 0.2) is 11.6 Å². The molecule has 1 aromatic rings. The van der Waals surface area contributed by atoms with Gasteiger partial charge in [-0.25, -0.2) is 4.39 Å². The van der Waals surface area contributed by atoms with Crippen molar-refractivity contribution < 1.29 is 9.13 Å². The molecule has 3 heteroatoms. The summed E-state index contributed by atoms with van der Waals surface area (Å²) in [5.74, 6) is 0.536. The van der Waals surface area contributed by atoms with E-state index in [1.165, 1.54) is 13.2 Å². The number of hydrogen-bond acceptors (Lipinski definition) is 2. The van der Waals surface area contributed by atoms with Crippen molar-refractivity contribution in [3.05, 3.63) is 29.6 Å². The number of halogens is 1. The average Bonchev–Trinajstić information content (AvgIpc) is 2.25. The Morgan fingerprint density at radius 1 is 1.31 bits per heavy atom. The highest BCUT2D eigenvalue weighted by atomic mass is 19.1. The van der Waals surface area contributed by atoms with Crippen LogP contribution in [-0.4, -0.2) is 7.11 Å². The Kier molecular flexibility index (Phi) is 4.74. The third kappa shape index (κ3) is 3.49. The fraction of sp³-hybridized carbons (Fsp3) is 0.538. The molecule has 2 N–H and O–H groups in total. The first-order valence-electron chi connectivity index (χ1n) is 5.63. The Bertz CT molecular complexity index is 339. The minimum Gasteiger partial charge on any atom is -0.494 e. The van der Waals surface area contributed by atoms with Crippen LogP contribution in [0.5, 0.6) is 5.75 Å². The van der Waals surface area contributed by atoms with Crippen LogP contribution < -0.4 is 10.5 Å². The molecule has 0 unspecified atom stereocenters. The molecule has 0 aromatic heterocycles. The van der Waals surface area contributed by atoms with Crippen molar-refractivity contribution in [2.24, 2.45) is 11.7 Å². The molecule has 0 aliphatic carbocycles. The molecule has 1 aromatic carbocycles. The van der Waals surface area contributed by atoms with Crippen molar-refractivity contribution in [2.45, 2.75) is 32.7 Å². The molecule has 0 aliphatic rings. The van der Waals surface area contributed by atoms with Gasteiger partial charge in [-0.15, -0.1) is 0 Å². The van der Waals surface area contributed by atoms with E-state index in [4.69, 9.17) is 10.5 Å². The summed E-state index contributed by atoms with van der Waals surface area (Å²) in [5.41, 5.74) is 6.83. The fourth-order valence-electron chi connectivity index (χ4n) is 1.59. The van der Waals surface area contributed by atoms with Crippen LogP contribution in [0.4, 0.5) is 4.39 Å². The van der Waals surface area contributed by atoms with Gasteiger partial charge in [-0.1, -0.05) is 19.9 Å². The largest absolute Gasteiger partial charge is 0.494 e. The van der Waals surface area contributed by atoms with E-state index in [2.05, 4.69) is 13.8 Å². The minimum atomic E-state index is -0.347. The molecular weight excluding hydrogens is 205 g/mol. The van der Waals surface area contributed by atoms with E-state index in [0.717, 1.165) is 18.4 Å². The SMILES string of the molecule is COc1ccc([C@@H](N)CCC(C)C)cc1F. The molecule has 0 spiro atoms. The summed E-state index contributed by atoms with van der Waals surface area (Å²) in [7, 11) is 1.46. The van der Waals surface area contributed by atoms with Gasteiger partial charge in [-0.2, -0.15) is 0 Å². The summed E-state index contributed by atoms with van der Waals surface area (Å²) in [4.78, 5) is 0. The van der Waals surface area contributed by atoms with Gasteiger partial charge in [0.25, 0.3) is 0 Å². The molecule has 0 radical (unpaired) electrons. The monoisotopic (exact) mass is 225 g/mol. The topological polar surface area (TPSA) is 35.2 Å². The first-order valence-corrected chi connectivity index (χ1v) is 5.63. The van der Waals surface area contributed by atoms with Crippen LogP contribution in [0.15, 0.2) is 18.2 Å². The van der Waals surface area contributed by atoms with Crippen molar-refractivity contribution in [2.75, 3.05) is 7.11 Å². The molecule has 0 fully saturated rings. The molecule has 1 atom stereocenters. The molecule has 0 aliphatic heterocycles. The number of methoxy groups -OCH3 is 1. The summed E-state index contributed by atoms with van der Waals surface area (Å²) >= 11 is 0. The van der Waals surface area contributed by atoms with Crippen LogP contribution >= 0.6 is 0 Å². The zero-order chi connectivity index (χ0) is 12.1. The minimum absolute atomic E-state index is 0.0946. The maximum atomic E-state index is 13.4. The van der Waals surface area contributed by atoms with Crippen LogP contribution in [0.2, 0.25) is 0 Å². The Morgan fingerprint density at radius 2 is 2.00 bits per heavy atom. The van der Waals surface area contributed by atoms with E-state index in [9.17, 15) is 4.39 Å². The Hall–Kier alpha value is -1.09. The maximum Gasteiger partial charge on any atom is 0.165 e. The van der Waals surface area contributed by atoms with Gasteiger partial charge in [-0.05, 0) is 36.5 Å². The lowest BCUT2D eigenvalue weighted by molar-refractivity contribution is 0.385. The summed E-state index contributed by atoms with van der Waals surface area (Å²) in [6, 6.07) is 4.82. The third-order valence-electron chi connectivity index (χ3n) is 2.66. The fourth-order valence-corrected chi connectivity index (χ4v) is 1.59. The van der Waals surface area contributed by atoms with Crippen molar-refractivity contribution in [1.29, 1.82) is 0 Å². The zero-order valence-electron chi connectivity index (χ0n) is 10.2. The standard InChI is InChI=1S/C13H20FNO/c1-9(2)4-6-12(15)10-5-7-13(16-3)11(14)8-10/h5,7-9,12H,4,6,15H2,1-3H3/t12-/m0/s1. The second kappa shape index (κ2) is 5.85. The lowest BCUT2D eigenvalue weighted by Crippen LogP contribution is -2.11. The van der Waals surface area contributed by atoms with Crippen LogP contribution in [0, 0.1) is 11.7 Å².